The van der Waals surface area contributed by atoms with Crippen LogP contribution in [0, 0.1) is 18.6 Å². The van der Waals surface area contributed by atoms with Crippen molar-refractivity contribution in [1.29, 1.82) is 0 Å². The van der Waals surface area contributed by atoms with Crippen molar-refractivity contribution >= 4 is 0 Å². The van der Waals surface area contributed by atoms with Gasteiger partial charge >= 0.3 is 0 Å². The Balaban J connectivity index is 2.41. The molecular weight excluding hydrogens is 260 g/mol. The van der Waals surface area contributed by atoms with Crippen molar-refractivity contribution in [1.82, 2.24) is 5.32 Å². The third kappa shape index (κ3) is 3.14. The van der Waals surface area contributed by atoms with Gasteiger partial charge < -0.3 is 10.1 Å². The Morgan fingerprint density at radius 2 is 1.90 bits per heavy atom. The van der Waals surface area contributed by atoms with Crippen LogP contribution in [0.3, 0.4) is 0 Å². The maximum absolute atomic E-state index is 13.7. The molecule has 0 saturated heterocycles. The lowest BCUT2D eigenvalue weighted by Gasteiger charge is -2.17. The summed E-state index contributed by atoms with van der Waals surface area (Å²) in [7, 11) is 1.79. The molecule has 1 unspecified atom stereocenters. The highest BCUT2D eigenvalue weighted by molar-refractivity contribution is 5.42. The minimum atomic E-state index is -0.371. The summed E-state index contributed by atoms with van der Waals surface area (Å²) in [4.78, 5) is 0. The van der Waals surface area contributed by atoms with E-state index in [-0.39, 0.29) is 17.7 Å². The first-order valence-corrected chi connectivity index (χ1v) is 6.42. The van der Waals surface area contributed by atoms with Gasteiger partial charge in [0.05, 0.1) is 0 Å². The van der Waals surface area contributed by atoms with Crippen molar-refractivity contribution in [3.05, 3.63) is 59.2 Å². The first-order valence-electron chi connectivity index (χ1n) is 6.42. The Morgan fingerprint density at radius 3 is 2.55 bits per heavy atom. The summed E-state index contributed by atoms with van der Waals surface area (Å²) in [5.41, 5.74) is 1.18. The summed E-state index contributed by atoms with van der Waals surface area (Å²) >= 11 is 0. The molecule has 2 rings (SSSR count). The van der Waals surface area contributed by atoms with E-state index in [1.54, 1.807) is 32.2 Å². The normalized spacial score (nSPS) is 12.2. The van der Waals surface area contributed by atoms with E-state index in [2.05, 4.69) is 5.32 Å². The number of halogens is 2. The Bertz CT molecular complexity index is 613. The molecule has 0 aliphatic rings. The lowest BCUT2D eigenvalue weighted by molar-refractivity contribution is 0.458. The van der Waals surface area contributed by atoms with Gasteiger partial charge in [0.1, 0.15) is 23.1 Å². The van der Waals surface area contributed by atoms with Gasteiger partial charge in [-0.25, -0.2) is 8.78 Å². The van der Waals surface area contributed by atoms with Gasteiger partial charge in [-0.3, -0.25) is 0 Å². The number of ether oxygens (including phenoxy) is 1. The number of nitrogens with one attached hydrogen (secondary N) is 1. The standard InChI is InChI=1S/C16H17F2NO/c1-10-7-16(14(9-15(10)18)11(2)19-3)20-13-6-4-5-12(17)8-13/h4-9,11,19H,1-3H3. The fraction of sp³-hybridized carbons (Fsp3) is 0.250. The summed E-state index contributed by atoms with van der Waals surface area (Å²) in [5, 5.41) is 3.04. The largest absolute Gasteiger partial charge is 0.457 e. The van der Waals surface area contributed by atoms with E-state index in [1.807, 2.05) is 6.92 Å². The maximum atomic E-state index is 13.7. The third-order valence-corrected chi connectivity index (χ3v) is 3.21. The number of benzene rings is 2. The Morgan fingerprint density at radius 1 is 1.15 bits per heavy atom. The van der Waals surface area contributed by atoms with Crippen LogP contribution < -0.4 is 10.1 Å². The lowest BCUT2D eigenvalue weighted by atomic mass is 10.0. The Hall–Kier alpha value is -1.94. The maximum Gasteiger partial charge on any atom is 0.132 e. The molecular formula is C16H17F2NO. The van der Waals surface area contributed by atoms with Crippen LogP contribution in [-0.2, 0) is 0 Å². The Kier molecular flexibility index (Phi) is 4.35. The number of aryl methyl sites for hydroxylation is 1. The molecule has 1 atom stereocenters. The van der Waals surface area contributed by atoms with Gasteiger partial charge in [0, 0.05) is 17.7 Å². The number of hydrogen-bond donors (Lipinski definition) is 1. The molecule has 0 heterocycles. The fourth-order valence-electron chi connectivity index (χ4n) is 1.91. The smallest absolute Gasteiger partial charge is 0.132 e. The van der Waals surface area contributed by atoms with Crippen LogP contribution in [-0.4, -0.2) is 7.05 Å². The van der Waals surface area contributed by atoms with Crippen molar-refractivity contribution in [3.63, 3.8) is 0 Å². The van der Waals surface area contributed by atoms with E-state index in [4.69, 9.17) is 4.74 Å². The third-order valence-electron chi connectivity index (χ3n) is 3.21. The summed E-state index contributed by atoms with van der Waals surface area (Å²) in [5.74, 6) is 0.259. The molecule has 0 spiro atoms. The van der Waals surface area contributed by atoms with E-state index in [0.717, 1.165) is 0 Å². The highest BCUT2D eigenvalue weighted by Crippen LogP contribution is 2.32. The summed E-state index contributed by atoms with van der Waals surface area (Å²) in [6, 6.07) is 8.88. The SMILES string of the molecule is CNC(C)c1cc(F)c(C)cc1Oc1cccc(F)c1. The van der Waals surface area contributed by atoms with Gasteiger partial charge in [-0.1, -0.05) is 6.07 Å². The van der Waals surface area contributed by atoms with Crippen molar-refractivity contribution in [2.75, 3.05) is 7.05 Å². The number of hydrogen-bond acceptors (Lipinski definition) is 2. The monoisotopic (exact) mass is 277 g/mol. The minimum Gasteiger partial charge on any atom is -0.457 e. The van der Waals surface area contributed by atoms with E-state index >= 15 is 0 Å². The van der Waals surface area contributed by atoms with Gasteiger partial charge in [0.15, 0.2) is 0 Å². The molecule has 20 heavy (non-hydrogen) atoms. The van der Waals surface area contributed by atoms with E-state index in [1.165, 1.54) is 18.2 Å². The van der Waals surface area contributed by atoms with Crippen molar-refractivity contribution in [3.8, 4) is 11.5 Å². The molecule has 0 amide bonds. The number of rotatable bonds is 4. The van der Waals surface area contributed by atoms with Crippen molar-refractivity contribution in [2.45, 2.75) is 19.9 Å². The van der Waals surface area contributed by atoms with Gasteiger partial charge in [-0.05, 0) is 50.7 Å². The second kappa shape index (κ2) is 6.01. The molecule has 0 bridgehead atoms. The summed E-state index contributed by atoms with van der Waals surface area (Å²) in [6.07, 6.45) is 0. The predicted molar refractivity (Wildman–Crippen MR) is 75.1 cm³/mol. The highest BCUT2D eigenvalue weighted by Gasteiger charge is 2.14. The zero-order valence-corrected chi connectivity index (χ0v) is 11.7. The van der Waals surface area contributed by atoms with Crippen molar-refractivity contribution in [2.24, 2.45) is 0 Å². The van der Waals surface area contributed by atoms with Gasteiger partial charge in [-0.15, -0.1) is 0 Å². The van der Waals surface area contributed by atoms with Crippen LogP contribution in [0.5, 0.6) is 11.5 Å². The van der Waals surface area contributed by atoms with E-state index in [9.17, 15) is 8.78 Å². The highest BCUT2D eigenvalue weighted by atomic mass is 19.1. The molecule has 2 nitrogen and oxygen atoms in total. The lowest BCUT2D eigenvalue weighted by Crippen LogP contribution is -2.13. The van der Waals surface area contributed by atoms with Gasteiger partial charge in [0.2, 0.25) is 0 Å². The minimum absolute atomic E-state index is 0.0753. The molecule has 0 aliphatic carbocycles. The van der Waals surface area contributed by atoms with E-state index in [0.29, 0.717) is 22.6 Å². The molecule has 2 aromatic rings. The molecule has 0 aliphatic heterocycles. The second-order valence-corrected chi connectivity index (χ2v) is 4.71. The van der Waals surface area contributed by atoms with Crippen LogP contribution in [0.1, 0.15) is 24.1 Å². The van der Waals surface area contributed by atoms with Gasteiger partial charge in [0.25, 0.3) is 0 Å². The quantitative estimate of drug-likeness (QED) is 0.897. The predicted octanol–water partition coefficient (Wildman–Crippen LogP) is 4.35. The molecule has 0 radical (unpaired) electrons. The zero-order chi connectivity index (χ0) is 14.7. The first-order chi connectivity index (χ1) is 9.51. The Labute approximate surface area is 117 Å². The van der Waals surface area contributed by atoms with Gasteiger partial charge in [-0.2, -0.15) is 0 Å². The van der Waals surface area contributed by atoms with Crippen LogP contribution in [0.15, 0.2) is 36.4 Å². The fourth-order valence-corrected chi connectivity index (χ4v) is 1.91. The average molecular weight is 277 g/mol. The summed E-state index contributed by atoms with van der Waals surface area (Å²) < 4.78 is 32.6. The molecule has 106 valence electrons. The summed E-state index contributed by atoms with van der Waals surface area (Å²) in [6.45, 7) is 3.57. The topological polar surface area (TPSA) is 21.3 Å². The van der Waals surface area contributed by atoms with Crippen LogP contribution in [0.2, 0.25) is 0 Å². The van der Waals surface area contributed by atoms with Crippen molar-refractivity contribution < 1.29 is 13.5 Å². The van der Waals surface area contributed by atoms with Crippen LogP contribution >= 0.6 is 0 Å². The second-order valence-electron chi connectivity index (χ2n) is 4.71. The zero-order valence-electron chi connectivity index (χ0n) is 11.7. The molecule has 4 heteroatoms. The molecule has 2 aromatic carbocycles. The molecule has 0 saturated carbocycles. The average Bonchev–Trinajstić information content (AvgIpc) is 2.42. The van der Waals surface area contributed by atoms with E-state index < -0.39 is 0 Å². The molecule has 0 fully saturated rings. The first kappa shape index (κ1) is 14.5. The van der Waals surface area contributed by atoms with Crippen LogP contribution in [0.25, 0.3) is 0 Å². The van der Waals surface area contributed by atoms with Crippen LogP contribution in [0.4, 0.5) is 8.78 Å². The molecule has 0 aromatic heterocycles. The molecule has 1 N–H and O–H groups in total.